The van der Waals surface area contributed by atoms with Crippen LogP contribution in [0.4, 0.5) is 0 Å². The number of amides is 1. The SMILES string of the molecule is CCOC(=O)CCCCCC(=O)N1CCc2c(n(CCc3ccccc3)c3ncccc23)C1. The zero-order valence-electron chi connectivity index (χ0n) is 19.5. The molecule has 0 aliphatic carbocycles. The standard InChI is InChI=1S/C27H33N3O3/c1-2-33-26(32)14-8-4-7-13-25(31)29-18-16-22-23-12-9-17-28-27(23)30(24(22)20-29)19-15-21-10-5-3-6-11-21/h3,5-6,9-12,17H,2,4,7-8,13-16,18-20H2,1H3. The molecule has 0 bridgehead atoms. The van der Waals surface area contributed by atoms with E-state index in [-0.39, 0.29) is 11.9 Å². The molecule has 0 spiro atoms. The van der Waals surface area contributed by atoms with Gasteiger partial charge in [0.1, 0.15) is 5.65 Å². The van der Waals surface area contributed by atoms with Gasteiger partial charge in [-0.15, -0.1) is 0 Å². The number of aromatic nitrogens is 2. The number of nitrogens with zero attached hydrogens (tertiary/aromatic N) is 3. The molecule has 1 aliphatic heterocycles. The summed E-state index contributed by atoms with van der Waals surface area (Å²) in [6.07, 6.45) is 7.06. The second-order valence-corrected chi connectivity index (χ2v) is 8.62. The van der Waals surface area contributed by atoms with Crippen molar-refractivity contribution in [1.29, 1.82) is 0 Å². The monoisotopic (exact) mass is 447 g/mol. The number of pyridine rings is 1. The number of fused-ring (bicyclic) bond motifs is 3. The highest BCUT2D eigenvalue weighted by Gasteiger charge is 2.26. The number of rotatable bonds is 10. The van der Waals surface area contributed by atoms with Gasteiger partial charge in [-0.25, -0.2) is 4.98 Å². The van der Waals surface area contributed by atoms with Crippen LogP contribution in [0.15, 0.2) is 48.7 Å². The Morgan fingerprint density at radius 3 is 2.67 bits per heavy atom. The van der Waals surface area contributed by atoms with Gasteiger partial charge in [-0.05, 0) is 55.9 Å². The predicted molar refractivity (Wildman–Crippen MR) is 129 cm³/mol. The van der Waals surface area contributed by atoms with Gasteiger partial charge in [0, 0.05) is 43.2 Å². The molecule has 2 aromatic heterocycles. The Morgan fingerprint density at radius 2 is 1.85 bits per heavy atom. The number of benzene rings is 1. The van der Waals surface area contributed by atoms with E-state index in [1.54, 1.807) is 0 Å². The maximum absolute atomic E-state index is 12.9. The zero-order valence-corrected chi connectivity index (χ0v) is 19.5. The molecule has 0 saturated heterocycles. The molecule has 0 fully saturated rings. The van der Waals surface area contributed by atoms with Gasteiger partial charge in [0.15, 0.2) is 0 Å². The van der Waals surface area contributed by atoms with Gasteiger partial charge >= 0.3 is 5.97 Å². The molecule has 1 aliphatic rings. The number of ether oxygens (including phenoxy) is 1. The van der Waals surface area contributed by atoms with Crippen molar-refractivity contribution in [1.82, 2.24) is 14.5 Å². The maximum Gasteiger partial charge on any atom is 0.305 e. The van der Waals surface area contributed by atoms with E-state index in [2.05, 4.69) is 39.9 Å². The minimum absolute atomic E-state index is 0.149. The third kappa shape index (κ3) is 5.62. The van der Waals surface area contributed by atoms with E-state index in [1.165, 1.54) is 22.2 Å². The number of esters is 1. The Balaban J connectivity index is 1.40. The first-order chi connectivity index (χ1) is 16.2. The molecular weight excluding hydrogens is 414 g/mol. The Morgan fingerprint density at radius 1 is 1.03 bits per heavy atom. The molecule has 1 aromatic carbocycles. The largest absolute Gasteiger partial charge is 0.466 e. The lowest BCUT2D eigenvalue weighted by atomic mass is 10.0. The van der Waals surface area contributed by atoms with E-state index in [9.17, 15) is 9.59 Å². The fraction of sp³-hybridized carbons (Fsp3) is 0.444. The summed E-state index contributed by atoms with van der Waals surface area (Å²) >= 11 is 0. The average Bonchev–Trinajstić information content (AvgIpc) is 3.16. The van der Waals surface area contributed by atoms with E-state index in [1.807, 2.05) is 30.2 Å². The minimum Gasteiger partial charge on any atom is -0.466 e. The molecule has 3 heterocycles. The highest BCUT2D eigenvalue weighted by Crippen LogP contribution is 2.30. The van der Waals surface area contributed by atoms with Crippen LogP contribution in [0.5, 0.6) is 0 Å². The molecule has 33 heavy (non-hydrogen) atoms. The molecule has 6 heteroatoms. The average molecular weight is 448 g/mol. The van der Waals surface area contributed by atoms with Crippen molar-refractivity contribution in [2.75, 3.05) is 13.2 Å². The molecule has 6 nitrogen and oxygen atoms in total. The Bertz CT molecular complexity index is 1090. The van der Waals surface area contributed by atoms with Gasteiger partial charge < -0.3 is 14.2 Å². The van der Waals surface area contributed by atoms with Crippen LogP contribution in [-0.4, -0.2) is 39.5 Å². The number of carbonyl (C=O) groups is 2. The summed E-state index contributed by atoms with van der Waals surface area (Å²) in [4.78, 5) is 31.1. The highest BCUT2D eigenvalue weighted by molar-refractivity contribution is 5.83. The van der Waals surface area contributed by atoms with Crippen molar-refractivity contribution in [3.05, 3.63) is 65.5 Å². The van der Waals surface area contributed by atoms with Crippen molar-refractivity contribution in [2.24, 2.45) is 0 Å². The van der Waals surface area contributed by atoms with Crippen molar-refractivity contribution < 1.29 is 14.3 Å². The predicted octanol–water partition coefficient (Wildman–Crippen LogP) is 4.68. The van der Waals surface area contributed by atoms with Gasteiger partial charge in [0.05, 0.1) is 13.2 Å². The summed E-state index contributed by atoms with van der Waals surface area (Å²) in [5, 5.41) is 1.21. The first kappa shape index (κ1) is 23.0. The second kappa shape index (κ2) is 11.1. The van der Waals surface area contributed by atoms with Gasteiger partial charge in [-0.1, -0.05) is 36.8 Å². The van der Waals surface area contributed by atoms with Gasteiger partial charge in [0.2, 0.25) is 5.91 Å². The summed E-state index contributed by atoms with van der Waals surface area (Å²) in [6.45, 7) is 4.48. The van der Waals surface area contributed by atoms with Gasteiger partial charge in [0.25, 0.3) is 0 Å². The van der Waals surface area contributed by atoms with Crippen molar-refractivity contribution in [3.63, 3.8) is 0 Å². The zero-order chi connectivity index (χ0) is 23.0. The molecule has 1 amide bonds. The first-order valence-corrected chi connectivity index (χ1v) is 12.1. The lowest BCUT2D eigenvalue weighted by molar-refractivity contribution is -0.143. The minimum atomic E-state index is -0.149. The molecular formula is C27H33N3O3. The molecule has 0 saturated carbocycles. The topological polar surface area (TPSA) is 64.4 Å². The lowest BCUT2D eigenvalue weighted by Gasteiger charge is -2.28. The van der Waals surface area contributed by atoms with Crippen molar-refractivity contribution in [2.45, 2.75) is 65.0 Å². The highest BCUT2D eigenvalue weighted by atomic mass is 16.5. The molecule has 0 unspecified atom stereocenters. The van der Waals surface area contributed by atoms with Crippen LogP contribution >= 0.6 is 0 Å². The Kier molecular flexibility index (Phi) is 7.76. The summed E-state index contributed by atoms with van der Waals surface area (Å²) in [5.74, 6) is 0.0499. The summed E-state index contributed by atoms with van der Waals surface area (Å²) in [6, 6.07) is 14.7. The van der Waals surface area contributed by atoms with Crippen LogP contribution in [0.1, 0.15) is 55.8 Å². The Labute approximate surface area is 195 Å². The van der Waals surface area contributed by atoms with Gasteiger partial charge in [-0.3, -0.25) is 9.59 Å². The smallest absolute Gasteiger partial charge is 0.305 e. The fourth-order valence-electron chi connectivity index (χ4n) is 4.71. The molecule has 0 atom stereocenters. The summed E-state index contributed by atoms with van der Waals surface area (Å²) < 4.78 is 7.28. The second-order valence-electron chi connectivity index (χ2n) is 8.62. The first-order valence-electron chi connectivity index (χ1n) is 12.1. The quantitative estimate of drug-likeness (QED) is 0.334. The maximum atomic E-state index is 12.9. The van der Waals surface area contributed by atoms with Crippen LogP contribution in [0.25, 0.3) is 11.0 Å². The molecule has 0 N–H and O–H groups in total. The van der Waals surface area contributed by atoms with Crippen LogP contribution in [0.2, 0.25) is 0 Å². The molecule has 3 aromatic rings. The number of carbonyl (C=O) groups excluding carboxylic acids is 2. The molecule has 4 rings (SSSR count). The molecule has 174 valence electrons. The fourth-order valence-corrected chi connectivity index (χ4v) is 4.71. The van der Waals surface area contributed by atoms with E-state index >= 15 is 0 Å². The van der Waals surface area contributed by atoms with Crippen molar-refractivity contribution >= 4 is 22.9 Å². The van der Waals surface area contributed by atoms with Gasteiger partial charge in [-0.2, -0.15) is 0 Å². The number of hydrogen-bond acceptors (Lipinski definition) is 4. The third-order valence-electron chi connectivity index (χ3n) is 6.41. The molecule has 0 radical (unpaired) electrons. The Hall–Kier alpha value is -3.15. The normalized spacial score (nSPS) is 13.2. The van der Waals surface area contributed by atoms with E-state index in [0.29, 0.717) is 26.0 Å². The van der Waals surface area contributed by atoms with Crippen LogP contribution in [-0.2, 0) is 40.3 Å². The van der Waals surface area contributed by atoms with E-state index in [0.717, 1.165) is 50.8 Å². The summed E-state index contributed by atoms with van der Waals surface area (Å²) in [5.41, 5.74) is 4.88. The van der Waals surface area contributed by atoms with Crippen LogP contribution in [0.3, 0.4) is 0 Å². The summed E-state index contributed by atoms with van der Waals surface area (Å²) in [7, 11) is 0. The third-order valence-corrected chi connectivity index (χ3v) is 6.41. The van der Waals surface area contributed by atoms with Crippen molar-refractivity contribution in [3.8, 4) is 0 Å². The van der Waals surface area contributed by atoms with Crippen LogP contribution in [0, 0.1) is 0 Å². The van der Waals surface area contributed by atoms with E-state index < -0.39 is 0 Å². The van der Waals surface area contributed by atoms with Crippen LogP contribution < -0.4 is 0 Å². The lowest BCUT2D eigenvalue weighted by Crippen LogP contribution is -2.36. The number of aryl methyl sites for hydroxylation is 2. The number of unbranched alkanes of at least 4 members (excludes halogenated alkanes) is 2. The number of hydrogen-bond donors (Lipinski definition) is 0. The van der Waals surface area contributed by atoms with E-state index in [4.69, 9.17) is 4.74 Å².